The number of nitrogens with zero attached hydrogens (tertiary/aromatic N) is 1. The molecule has 1 aliphatic rings. The highest BCUT2D eigenvalue weighted by Crippen LogP contribution is 2.63. The number of rotatable bonds is 2. The molecule has 28 heavy (non-hydrogen) atoms. The monoisotopic (exact) mass is 409 g/mol. The molecular formula is C25H25Cl2N. The van der Waals surface area contributed by atoms with Crippen LogP contribution in [0.2, 0.25) is 10.0 Å². The van der Waals surface area contributed by atoms with E-state index in [0.29, 0.717) is 10.0 Å². The van der Waals surface area contributed by atoms with Crippen LogP contribution in [0.4, 0.5) is 0 Å². The molecule has 1 nitrogen and oxygen atoms in total. The number of allylic oxidation sites excluding steroid dienone is 1. The van der Waals surface area contributed by atoms with Gasteiger partial charge in [0.1, 0.15) is 0 Å². The highest BCUT2D eigenvalue weighted by molar-refractivity contribution is 6.31. The summed E-state index contributed by atoms with van der Waals surface area (Å²) >= 11 is 12.2. The van der Waals surface area contributed by atoms with Crippen LogP contribution in [0.1, 0.15) is 52.2 Å². The minimum atomic E-state index is -0.558. The fourth-order valence-corrected chi connectivity index (χ4v) is 4.53. The van der Waals surface area contributed by atoms with E-state index in [1.165, 1.54) is 0 Å². The maximum Gasteiger partial charge on any atom is 0.0839 e. The summed E-state index contributed by atoms with van der Waals surface area (Å²) in [5.74, 6) is 0. The summed E-state index contributed by atoms with van der Waals surface area (Å²) in [6.45, 7) is 11.0. The summed E-state index contributed by atoms with van der Waals surface area (Å²) in [5, 5.41) is 11.4. The zero-order valence-electron chi connectivity index (χ0n) is 17.0. The predicted octanol–water partition coefficient (Wildman–Crippen LogP) is 7.94. The third-order valence-corrected chi connectivity index (χ3v) is 6.93. The van der Waals surface area contributed by atoms with Gasteiger partial charge in [-0.3, -0.25) is 0 Å². The fourth-order valence-electron chi connectivity index (χ4n) is 4.28. The van der Waals surface area contributed by atoms with Crippen molar-refractivity contribution in [2.75, 3.05) is 0 Å². The molecule has 0 aliphatic heterocycles. The Bertz CT molecular complexity index is 951. The van der Waals surface area contributed by atoms with Crippen molar-refractivity contribution in [3.05, 3.63) is 81.0 Å². The Hall–Kier alpha value is -1.97. The average molecular weight is 410 g/mol. The minimum absolute atomic E-state index is 0.00901. The summed E-state index contributed by atoms with van der Waals surface area (Å²) in [7, 11) is 0. The zero-order chi connectivity index (χ0) is 20.7. The van der Waals surface area contributed by atoms with E-state index in [-0.39, 0.29) is 10.8 Å². The van der Waals surface area contributed by atoms with Crippen LogP contribution >= 0.6 is 23.2 Å². The molecule has 0 spiro atoms. The summed E-state index contributed by atoms with van der Waals surface area (Å²) in [6.07, 6.45) is 0.806. The van der Waals surface area contributed by atoms with E-state index in [0.717, 1.165) is 28.7 Å². The maximum atomic E-state index is 10.0. The van der Waals surface area contributed by atoms with E-state index in [2.05, 4.69) is 39.5 Å². The van der Waals surface area contributed by atoms with E-state index in [1.54, 1.807) is 0 Å². The van der Waals surface area contributed by atoms with Crippen LogP contribution in [0.5, 0.6) is 0 Å². The number of benzene rings is 2. The molecule has 0 heterocycles. The molecule has 1 aliphatic carbocycles. The number of hydrogen-bond donors (Lipinski definition) is 0. The Kier molecular flexibility index (Phi) is 5.28. The summed E-state index contributed by atoms with van der Waals surface area (Å²) in [6, 6.07) is 18.1. The molecular weight excluding hydrogens is 385 g/mol. The number of nitriles is 1. The van der Waals surface area contributed by atoms with Gasteiger partial charge in [0, 0.05) is 15.6 Å². The molecule has 0 aromatic heterocycles. The van der Waals surface area contributed by atoms with Gasteiger partial charge in [0.25, 0.3) is 0 Å². The first kappa shape index (κ1) is 20.8. The molecule has 0 amide bonds. The van der Waals surface area contributed by atoms with Crippen molar-refractivity contribution in [1.82, 2.24) is 0 Å². The molecule has 1 atom stereocenters. The molecule has 1 saturated carbocycles. The van der Waals surface area contributed by atoms with Crippen LogP contribution in [0.3, 0.4) is 0 Å². The van der Waals surface area contributed by atoms with Crippen molar-refractivity contribution in [2.24, 2.45) is 16.2 Å². The van der Waals surface area contributed by atoms with Gasteiger partial charge >= 0.3 is 0 Å². The van der Waals surface area contributed by atoms with Gasteiger partial charge < -0.3 is 0 Å². The first-order chi connectivity index (χ1) is 13.0. The first-order valence-corrected chi connectivity index (χ1v) is 10.2. The number of hydrogen-bond acceptors (Lipinski definition) is 1. The summed E-state index contributed by atoms with van der Waals surface area (Å²) < 4.78 is 0. The molecule has 0 N–H and O–H groups in total. The lowest BCUT2D eigenvalue weighted by Crippen LogP contribution is -2.27. The van der Waals surface area contributed by atoms with Crippen LogP contribution in [0.25, 0.3) is 5.57 Å². The second-order valence-corrected chi connectivity index (χ2v) is 9.89. The molecule has 0 bridgehead atoms. The lowest BCUT2D eigenvalue weighted by atomic mass is 9.69. The van der Waals surface area contributed by atoms with Gasteiger partial charge in [0.15, 0.2) is 0 Å². The Labute approximate surface area is 178 Å². The van der Waals surface area contributed by atoms with Crippen LogP contribution in [0.15, 0.2) is 59.8 Å². The summed E-state index contributed by atoms with van der Waals surface area (Å²) in [4.78, 5) is 0. The van der Waals surface area contributed by atoms with Crippen LogP contribution < -0.4 is 0 Å². The van der Waals surface area contributed by atoms with E-state index in [9.17, 15) is 5.26 Å². The van der Waals surface area contributed by atoms with Crippen molar-refractivity contribution in [1.29, 1.82) is 5.26 Å². The van der Waals surface area contributed by atoms with Gasteiger partial charge in [0.05, 0.1) is 11.5 Å². The highest BCUT2D eigenvalue weighted by Gasteiger charge is 2.56. The standard InChI is InChI=1S/C25H25Cl2N/c1-23(2)15-25(5,16-28)22(24(23,3)4)14-21(17-6-10-19(26)11-7-17)18-8-12-20(27)13-9-18/h6-13H,15H2,1-5H3. The average Bonchev–Trinajstić information content (AvgIpc) is 2.77. The van der Waals surface area contributed by atoms with Gasteiger partial charge in [-0.1, -0.05) is 75.2 Å². The smallest absolute Gasteiger partial charge is 0.0839 e. The summed E-state index contributed by atoms with van der Waals surface area (Å²) in [5.41, 5.74) is 7.00. The Morgan fingerprint density at radius 1 is 0.821 bits per heavy atom. The second-order valence-electron chi connectivity index (χ2n) is 9.02. The zero-order valence-corrected chi connectivity index (χ0v) is 18.5. The normalized spacial score (nSPS) is 22.4. The minimum Gasteiger partial charge on any atom is -0.197 e. The Morgan fingerprint density at radius 2 is 1.25 bits per heavy atom. The topological polar surface area (TPSA) is 23.8 Å². The fraction of sp³-hybridized carbons (Fsp3) is 0.360. The third kappa shape index (κ3) is 3.54. The van der Waals surface area contributed by atoms with Gasteiger partial charge in [-0.25, -0.2) is 0 Å². The van der Waals surface area contributed by atoms with Crippen molar-refractivity contribution in [2.45, 2.75) is 41.0 Å². The lowest BCUT2D eigenvalue weighted by molar-refractivity contribution is 0.183. The van der Waals surface area contributed by atoms with Gasteiger partial charge in [0.2, 0.25) is 0 Å². The molecule has 2 aromatic rings. The van der Waals surface area contributed by atoms with E-state index >= 15 is 0 Å². The highest BCUT2D eigenvalue weighted by atomic mass is 35.5. The quantitative estimate of drug-likeness (QED) is 0.461. The Balaban J connectivity index is 2.38. The Morgan fingerprint density at radius 3 is 1.64 bits per heavy atom. The van der Waals surface area contributed by atoms with E-state index in [1.807, 2.05) is 55.5 Å². The van der Waals surface area contributed by atoms with Crippen molar-refractivity contribution in [3.63, 3.8) is 0 Å². The van der Waals surface area contributed by atoms with Crippen LogP contribution in [-0.2, 0) is 0 Å². The van der Waals surface area contributed by atoms with Gasteiger partial charge in [-0.2, -0.15) is 5.26 Å². The number of halogens is 2. The van der Waals surface area contributed by atoms with Crippen LogP contribution in [0, 0.1) is 27.6 Å². The van der Waals surface area contributed by atoms with Crippen LogP contribution in [-0.4, -0.2) is 0 Å². The third-order valence-electron chi connectivity index (χ3n) is 6.43. The van der Waals surface area contributed by atoms with Crippen molar-refractivity contribution >= 4 is 28.8 Å². The molecule has 2 aromatic carbocycles. The first-order valence-electron chi connectivity index (χ1n) is 9.45. The van der Waals surface area contributed by atoms with E-state index < -0.39 is 5.41 Å². The maximum absolute atomic E-state index is 10.0. The molecule has 3 rings (SSSR count). The van der Waals surface area contributed by atoms with Crippen molar-refractivity contribution < 1.29 is 0 Å². The van der Waals surface area contributed by atoms with Gasteiger partial charge in [-0.05, 0) is 65.1 Å². The molecule has 0 saturated heterocycles. The largest absolute Gasteiger partial charge is 0.197 e. The van der Waals surface area contributed by atoms with E-state index in [4.69, 9.17) is 23.2 Å². The second kappa shape index (κ2) is 7.13. The van der Waals surface area contributed by atoms with Gasteiger partial charge in [-0.15, -0.1) is 5.73 Å². The molecule has 144 valence electrons. The molecule has 1 unspecified atom stereocenters. The van der Waals surface area contributed by atoms with Crippen molar-refractivity contribution in [3.8, 4) is 6.07 Å². The molecule has 3 heteroatoms. The molecule has 1 fully saturated rings. The predicted molar refractivity (Wildman–Crippen MR) is 118 cm³/mol. The SMILES string of the molecule is CC1(C#N)CC(C)(C)C(C)(C)C1=C=C(c1ccc(Cl)cc1)c1ccc(Cl)cc1. The molecule has 0 radical (unpaired) electrons. The lowest BCUT2D eigenvalue weighted by Gasteiger charge is -2.35.